The Hall–Kier alpha value is -1.57. The smallest absolute Gasteiger partial charge is 0.105 e. The Balaban J connectivity index is 1.96. The second-order valence-corrected chi connectivity index (χ2v) is 5.43. The first-order valence-electron chi connectivity index (χ1n) is 6.74. The van der Waals surface area contributed by atoms with Crippen molar-refractivity contribution in [1.82, 2.24) is 9.55 Å². The molecule has 2 nitrogen and oxygen atoms in total. The van der Waals surface area contributed by atoms with Gasteiger partial charge in [-0.05, 0) is 50.3 Å². The summed E-state index contributed by atoms with van der Waals surface area (Å²) >= 11 is 0. The Morgan fingerprint density at radius 3 is 2.89 bits per heavy atom. The van der Waals surface area contributed by atoms with Crippen molar-refractivity contribution >= 4 is 0 Å². The summed E-state index contributed by atoms with van der Waals surface area (Å²) in [6.45, 7) is 7.65. The van der Waals surface area contributed by atoms with Gasteiger partial charge < -0.3 is 4.57 Å². The molecule has 1 aromatic carbocycles. The van der Waals surface area contributed by atoms with Gasteiger partial charge in [-0.3, -0.25) is 0 Å². The van der Waals surface area contributed by atoms with Gasteiger partial charge in [-0.15, -0.1) is 0 Å². The molecule has 1 atom stereocenters. The Morgan fingerprint density at radius 2 is 2.06 bits per heavy atom. The average molecular weight is 240 g/mol. The summed E-state index contributed by atoms with van der Waals surface area (Å²) < 4.78 is 2.38. The van der Waals surface area contributed by atoms with Crippen LogP contribution in [0.4, 0.5) is 0 Å². The monoisotopic (exact) mass is 240 g/mol. The Labute approximate surface area is 109 Å². The molecule has 1 aliphatic heterocycles. The quantitative estimate of drug-likeness (QED) is 0.745. The van der Waals surface area contributed by atoms with Crippen LogP contribution in [-0.4, -0.2) is 9.55 Å². The van der Waals surface area contributed by atoms with E-state index in [1.165, 1.54) is 28.8 Å². The van der Waals surface area contributed by atoms with Crippen molar-refractivity contribution in [2.45, 2.75) is 46.1 Å². The highest BCUT2D eigenvalue weighted by Gasteiger charge is 2.22. The van der Waals surface area contributed by atoms with Crippen molar-refractivity contribution in [3.8, 4) is 0 Å². The third kappa shape index (κ3) is 1.76. The van der Waals surface area contributed by atoms with Gasteiger partial charge in [-0.25, -0.2) is 4.98 Å². The summed E-state index contributed by atoms with van der Waals surface area (Å²) in [7, 11) is 0. The summed E-state index contributed by atoms with van der Waals surface area (Å²) in [5.74, 6) is 1.80. The predicted molar refractivity (Wildman–Crippen MR) is 73.9 cm³/mol. The lowest BCUT2D eigenvalue weighted by atomic mass is 9.86. The topological polar surface area (TPSA) is 17.8 Å². The number of nitrogens with zero attached hydrogens (tertiary/aromatic N) is 2. The molecule has 1 unspecified atom stereocenters. The number of hydrogen-bond acceptors (Lipinski definition) is 1. The van der Waals surface area contributed by atoms with Gasteiger partial charge >= 0.3 is 0 Å². The molecule has 0 saturated carbocycles. The minimum absolute atomic E-state index is 0.644. The Morgan fingerprint density at radius 1 is 1.22 bits per heavy atom. The number of aryl methyl sites for hydroxylation is 3. The molecule has 2 heterocycles. The molecule has 0 radical (unpaired) electrons. The van der Waals surface area contributed by atoms with E-state index in [0.29, 0.717) is 5.92 Å². The molecule has 2 aromatic rings. The predicted octanol–water partition coefficient (Wildman–Crippen LogP) is 3.54. The van der Waals surface area contributed by atoms with Crippen molar-refractivity contribution in [3.05, 3.63) is 52.6 Å². The van der Waals surface area contributed by atoms with E-state index >= 15 is 0 Å². The maximum absolute atomic E-state index is 4.43. The molecule has 0 spiro atoms. The molecule has 18 heavy (non-hydrogen) atoms. The fourth-order valence-electron chi connectivity index (χ4n) is 3.07. The normalized spacial score (nSPS) is 18.7. The fourth-order valence-corrected chi connectivity index (χ4v) is 3.07. The molecule has 0 aliphatic carbocycles. The summed E-state index contributed by atoms with van der Waals surface area (Å²) in [6.07, 6.45) is 4.43. The van der Waals surface area contributed by atoms with Crippen molar-refractivity contribution < 1.29 is 0 Å². The first-order valence-corrected chi connectivity index (χ1v) is 6.74. The number of fused-ring (bicyclic) bond motifs is 1. The van der Waals surface area contributed by atoms with E-state index in [9.17, 15) is 0 Å². The van der Waals surface area contributed by atoms with Crippen LogP contribution in [-0.2, 0) is 13.0 Å². The Kier molecular flexibility index (Phi) is 2.73. The second-order valence-electron chi connectivity index (χ2n) is 5.43. The zero-order valence-electron chi connectivity index (χ0n) is 11.4. The van der Waals surface area contributed by atoms with Gasteiger partial charge in [-0.1, -0.05) is 18.2 Å². The number of benzene rings is 1. The molecule has 0 amide bonds. The summed E-state index contributed by atoms with van der Waals surface area (Å²) in [5, 5.41) is 0. The Bertz CT molecular complexity index is 581. The van der Waals surface area contributed by atoms with Crippen LogP contribution in [0.1, 0.15) is 40.5 Å². The fraction of sp³-hybridized carbons (Fsp3) is 0.438. The maximum Gasteiger partial charge on any atom is 0.105 e. The molecule has 0 bridgehead atoms. The molecule has 0 N–H and O–H groups in total. The standard InChI is InChI=1S/C16H20N2/c1-11-5-4-6-16(12(11)2)14-7-8-15-9-17-13(3)18(15)10-14/h4-6,9,14H,7-8,10H2,1-3H3. The van der Waals surface area contributed by atoms with Crippen LogP contribution < -0.4 is 0 Å². The highest BCUT2D eigenvalue weighted by molar-refractivity contribution is 5.36. The third-order valence-corrected chi connectivity index (χ3v) is 4.38. The molecular weight excluding hydrogens is 220 g/mol. The van der Waals surface area contributed by atoms with Gasteiger partial charge in [0.1, 0.15) is 5.82 Å². The third-order valence-electron chi connectivity index (χ3n) is 4.38. The zero-order chi connectivity index (χ0) is 12.7. The number of aromatic nitrogens is 2. The first-order chi connectivity index (χ1) is 8.66. The van der Waals surface area contributed by atoms with Crippen molar-refractivity contribution in [2.24, 2.45) is 0 Å². The number of hydrogen-bond donors (Lipinski definition) is 0. The molecule has 1 aliphatic rings. The molecule has 0 fully saturated rings. The van der Waals surface area contributed by atoms with Crippen LogP contribution >= 0.6 is 0 Å². The van der Waals surface area contributed by atoms with Gasteiger partial charge in [-0.2, -0.15) is 0 Å². The number of rotatable bonds is 1. The molecule has 1 aromatic heterocycles. The molecule has 94 valence electrons. The van der Waals surface area contributed by atoms with Gasteiger partial charge in [0.15, 0.2) is 0 Å². The van der Waals surface area contributed by atoms with E-state index in [1.54, 1.807) is 0 Å². The highest BCUT2D eigenvalue weighted by Crippen LogP contribution is 2.32. The minimum atomic E-state index is 0.644. The van der Waals surface area contributed by atoms with E-state index in [2.05, 4.69) is 48.5 Å². The lowest BCUT2D eigenvalue weighted by molar-refractivity contribution is 0.455. The molecule has 3 rings (SSSR count). The SMILES string of the molecule is Cc1cccc(C2CCc3cnc(C)n3C2)c1C. The molecule has 2 heteroatoms. The van der Waals surface area contributed by atoms with E-state index in [-0.39, 0.29) is 0 Å². The summed E-state index contributed by atoms with van der Waals surface area (Å²) in [5.41, 5.74) is 5.78. The second kappa shape index (κ2) is 4.27. The lowest BCUT2D eigenvalue weighted by Crippen LogP contribution is -2.20. The minimum Gasteiger partial charge on any atom is -0.332 e. The van der Waals surface area contributed by atoms with Crippen molar-refractivity contribution in [2.75, 3.05) is 0 Å². The summed E-state index contributed by atoms with van der Waals surface area (Å²) in [4.78, 5) is 4.43. The van der Waals surface area contributed by atoms with Crippen LogP contribution in [0.2, 0.25) is 0 Å². The van der Waals surface area contributed by atoms with Crippen LogP contribution in [0.25, 0.3) is 0 Å². The summed E-state index contributed by atoms with van der Waals surface area (Å²) in [6, 6.07) is 6.69. The zero-order valence-corrected chi connectivity index (χ0v) is 11.4. The lowest BCUT2D eigenvalue weighted by Gasteiger charge is -2.27. The van der Waals surface area contributed by atoms with Crippen LogP contribution in [0.15, 0.2) is 24.4 Å². The van der Waals surface area contributed by atoms with E-state index in [4.69, 9.17) is 0 Å². The van der Waals surface area contributed by atoms with Crippen molar-refractivity contribution in [1.29, 1.82) is 0 Å². The van der Waals surface area contributed by atoms with Gasteiger partial charge in [0.25, 0.3) is 0 Å². The van der Waals surface area contributed by atoms with Crippen LogP contribution in [0.5, 0.6) is 0 Å². The molecule has 0 saturated heterocycles. The average Bonchev–Trinajstić information content (AvgIpc) is 2.74. The van der Waals surface area contributed by atoms with Gasteiger partial charge in [0, 0.05) is 24.4 Å². The van der Waals surface area contributed by atoms with E-state index in [1.807, 2.05) is 6.20 Å². The van der Waals surface area contributed by atoms with Crippen LogP contribution in [0, 0.1) is 20.8 Å². The molecular formula is C16H20N2. The number of imidazole rings is 1. The largest absolute Gasteiger partial charge is 0.332 e. The maximum atomic E-state index is 4.43. The van der Waals surface area contributed by atoms with Gasteiger partial charge in [0.2, 0.25) is 0 Å². The van der Waals surface area contributed by atoms with Gasteiger partial charge in [0.05, 0.1) is 0 Å². The van der Waals surface area contributed by atoms with E-state index in [0.717, 1.165) is 18.8 Å². The van der Waals surface area contributed by atoms with Crippen molar-refractivity contribution in [3.63, 3.8) is 0 Å². The highest BCUT2D eigenvalue weighted by atomic mass is 15.1. The first kappa shape index (κ1) is 11.5. The van der Waals surface area contributed by atoms with E-state index < -0.39 is 0 Å². The van der Waals surface area contributed by atoms with Crippen LogP contribution in [0.3, 0.4) is 0 Å².